The second-order valence-electron chi connectivity index (χ2n) is 4.37. The first kappa shape index (κ1) is 13.9. The smallest absolute Gasteiger partial charge is 0.145 e. The van der Waals surface area contributed by atoms with Crippen molar-refractivity contribution in [1.29, 1.82) is 0 Å². The summed E-state index contributed by atoms with van der Waals surface area (Å²) in [5, 5.41) is 0.122. The van der Waals surface area contributed by atoms with Crippen LogP contribution in [0.1, 0.15) is 18.4 Å². The summed E-state index contributed by atoms with van der Waals surface area (Å²) in [4.78, 5) is 0. The summed E-state index contributed by atoms with van der Waals surface area (Å²) < 4.78 is 18.6. The Balaban J connectivity index is 1.68. The van der Waals surface area contributed by atoms with Gasteiger partial charge in [0.25, 0.3) is 0 Å². The Morgan fingerprint density at radius 3 is 2.53 bits per heavy atom. The van der Waals surface area contributed by atoms with Crippen molar-refractivity contribution < 1.29 is 9.13 Å². The van der Waals surface area contributed by atoms with E-state index in [1.165, 1.54) is 17.7 Å². The zero-order valence-corrected chi connectivity index (χ0v) is 11.4. The molecule has 0 radical (unpaired) electrons. The van der Waals surface area contributed by atoms with Gasteiger partial charge in [0, 0.05) is 6.07 Å². The molecule has 0 heterocycles. The van der Waals surface area contributed by atoms with Crippen LogP contribution in [0.2, 0.25) is 5.02 Å². The zero-order valence-electron chi connectivity index (χ0n) is 10.6. The minimum Gasteiger partial charge on any atom is -0.493 e. The van der Waals surface area contributed by atoms with E-state index in [0.717, 1.165) is 19.3 Å². The molecule has 0 aliphatic carbocycles. The monoisotopic (exact) mass is 278 g/mol. The largest absolute Gasteiger partial charge is 0.493 e. The van der Waals surface area contributed by atoms with E-state index < -0.39 is 5.82 Å². The molecule has 2 rings (SSSR count). The van der Waals surface area contributed by atoms with Crippen LogP contribution in [0.15, 0.2) is 48.5 Å². The van der Waals surface area contributed by atoms with Gasteiger partial charge in [0.2, 0.25) is 0 Å². The maximum Gasteiger partial charge on any atom is 0.145 e. The van der Waals surface area contributed by atoms with E-state index in [2.05, 4.69) is 12.1 Å². The highest BCUT2D eigenvalue weighted by atomic mass is 35.5. The maximum absolute atomic E-state index is 13.2. The molecule has 0 amide bonds. The normalized spacial score (nSPS) is 10.4. The Labute approximate surface area is 118 Å². The standard InChI is InChI=1S/C16H16ClFO/c17-15-10-9-14(12-16(15)18)19-11-5-4-8-13-6-2-1-3-7-13/h1-3,6-7,9-10,12H,4-5,8,11H2. The lowest BCUT2D eigenvalue weighted by atomic mass is 10.1. The highest BCUT2D eigenvalue weighted by Gasteiger charge is 2.01. The van der Waals surface area contributed by atoms with Gasteiger partial charge in [-0.05, 0) is 37.0 Å². The van der Waals surface area contributed by atoms with Crippen molar-refractivity contribution in [1.82, 2.24) is 0 Å². The molecule has 19 heavy (non-hydrogen) atoms. The quantitative estimate of drug-likeness (QED) is 0.684. The van der Waals surface area contributed by atoms with Gasteiger partial charge < -0.3 is 4.74 Å². The minimum atomic E-state index is -0.441. The summed E-state index contributed by atoms with van der Waals surface area (Å²) in [5.74, 6) is 0.0880. The van der Waals surface area contributed by atoms with Gasteiger partial charge in [0.05, 0.1) is 11.6 Å². The first-order valence-corrected chi connectivity index (χ1v) is 6.75. The second-order valence-corrected chi connectivity index (χ2v) is 4.77. The van der Waals surface area contributed by atoms with Gasteiger partial charge in [0.1, 0.15) is 11.6 Å². The molecule has 0 saturated heterocycles. The van der Waals surface area contributed by atoms with Crippen molar-refractivity contribution >= 4 is 11.6 Å². The van der Waals surface area contributed by atoms with Crippen LogP contribution in [0.4, 0.5) is 4.39 Å². The Kier molecular flexibility index (Phi) is 5.22. The lowest BCUT2D eigenvalue weighted by Gasteiger charge is -2.06. The molecule has 0 bridgehead atoms. The number of hydrogen-bond acceptors (Lipinski definition) is 1. The summed E-state index contributed by atoms with van der Waals surface area (Å²) in [7, 11) is 0. The summed E-state index contributed by atoms with van der Waals surface area (Å²) >= 11 is 5.60. The van der Waals surface area contributed by atoms with Crippen molar-refractivity contribution in [2.45, 2.75) is 19.3 Å². The predicted molar refractivity (Wildman–Crippen MR) is 76.3 cm³/mol. The van der Waals surface area contributed by atoms with Gasteiger partial charge in [-0.25, -0.2) is 4.39 Å². The second kappa shape index (κ2) is 7.15. The SMILES string of the molecule is Fc1cc(OCCCCc2ccccc2)ccc1Cl. The molecule has 0 aliphatic rings. The van der Waals surface area contributed by atoms with Crippen molar-refractivity contribution in [3.05, 3.63) is 64.9 Å². The summed E-state index contributed by atoms with van der Waals surface area (Å²) in [6.07, 6.45) is 3.04. The van der Waals surface area contributed by atoms with Crippen molar-refractivity contribution in [3.8, 4) is 5.75 Å². The van der Waals surface area contributed by atoms with Gasteiger partial charge in [0.15, 0.2) is 0 Å². The fourth-order valence-corrected chi connectivity index (χ4v) is 1.95. The summed E-state index contributed by atoms with van der Waals surface area (Å²) in [6.45, 7) is 0.591. The van der Waals surface area contributed by atoms with Gasteiger partial charge in [-0.3, -0.25) is 0 Å². The number of ether oxygens (including phenoxy) is 1. The van der Waals surface area contributed by atoms with Gasteiger partial charge in [-0.1, -0.05) is 41.9 Å². The number of aryl methyl sites for hydroxylation is 1. The molecule has 0 fully saturated rings. The van der Waals surface area contributed by atoms with E-state index in [-0.39, 0.29) is 5.02 Å². The van der Waals surface area contributed by atoms with E-state index in [1.807, 2.05) is 18.2 Å². The molecule has 0 aliphatic heterocycles. The lowest BCUT2D eigenvalue weighted by Crippen LogP contribution is -1.98. The molecule has 2 aromatic carbocycles. The number of hydrogen-bond donors (Lipinski definition) is 0. The van der Waals surface area contributed by atoms with Crippen molar-refractivity contribution in [2.24, 2.45) is 0 Å². The van der Waals surface area contributed by atoms with Crippen molar-refractivity contribution in [2.75, 3.05) is 6.61 Å². The highest BCUT2D eigenvalue weighted by molar-refractivity contribution is 6.30. The average Bonchev–Trinajstić information content (AvgIpc) is 2.43. The van der Waals surface area contributed by atoms with Gasteiger partial charge in [-0.15, -0.1) is 0 Å². The molecule has 3 heteroatoms. The Morgan fingerprint density at radius 1 is 1.00 bits per heavy atom. The number of unbranched alkanes of at least 4 members (excludes halogenated alkanes) is 1. The fourth-order valence-electron chi connectivity index (χ4n) is 1.83. The lowest BCUT2D eigenvalue weighted by molar-refractivity contribution is 0.305. The summed E-state index contributed by atoms with van der Waals surface area (Å²) in [5.41, 5.74) is 1.33. The molecule has 2 aromatic rings. The molecule has 0 unspecified atom stereocenters. The van der Waals surface area contributed by atoms with E-state index in [0.29, 0.717) is 12.4 Å². The van der Waals surface area contributed by atoms with Crippen LogP contribution in [0.5, 0.6) is 5.75 Å². The van der Waals surface area contributed by atoms with E-state index in [4.69, 9.17) is 16.3 Å². The van der Waals surface area contributed by atoms with Gasteiger partial charge in [-0.2, -0.15) is 0 Å². The van der Waals surface area contributed by atoms with Crippen molar-refractivity contribution in [3.63, 3.8) is 0 Å². The molecule has 0 atom stereocenters. The number of rotatable bonds is 6. The molecule has 0 aromatic heterocycles. The van der Waals surface area contributed by atoms with Crippen LogP contribution in [0.3, 0.4) is 0 Å². The van der Waals surface area contributed by atoms with Gasteiger partial charge >= 0.3 is 0 Å². The van der Waals surface area contributed by atoms with Crippen LogP contribution < -0.4 is 4.74 Å². The number of benzene rings is 2. The van der Waals surface area contributed by atoms with Crippen LogP contribution >= 0.6 is 11.6 Å². The third-order valence-electron chi connectivity index (χ3n) is 2.86. The zero-order chi connectivity index (χ0) is 13.5. The molecule has 0 N–H and O–H groups in total. The van der Waals surface area contributed by atoms with Crippen LogP contribution in [0.25, 0.3) is 0 Å². The van der Waals surface area contributed by atoms with E-state index in [1.54, 1.807) is 6.07 Å². The molecule has 100 valence electrons. The number of halogens is 2. The molecular weight excluding hydrogens is 263 g/mol. The minimum absolute atomic E-state index is 0.122. The fraction of sp³-hybridized carbons (Fsp3) is 0.250. The summed E-state index contributed by atoms with van der Waals surface area (Å²) in [6, 6.07) is 14.9. The molecule has 0 spiro atoms. The third-order valence-corrected chi connectivity index (χ3v) is 3.17. The van der Waals surface area contributed by atoms with Crippen LogP contribution in [0, 0.1) is 5.82 Å². The molecule has 1 nitrogen and oxygen atoms in total. The van der Waals surface area contributed by atoms with E-state index in [9.17, 15) is 4.39 Å². The van der Waals surface area contributed by atoms with Crippen LogP contribution in [-0.2, 0) is 6.42 Å². The Hall–Kier alpha value is -1.54. The topological polar surface area (TPSA) is 9.23 Å². The maximum atomic E-state index is 13.2. The average molecular weight is 279 g/mol. The predicted octanol–water partition coefficient (Wildman–Crippen LogP) is 4.88. The van der Waals surface area contributed by atoms with Crippen LogP contribution in [-0.4, -0.2) is 6.61 Å². The Morgan fingerprint density at radius 2 is 1.79 bits per heavy atom. The Bertz CT molecular complexity index is 513. The first-order chi connectivity index (χ1) is 9.25. The van der Waals surface area contributed by atoms with E-state index >= 15 is 0 Å². The first-order valence-electron chi connectivity index (χ1n) is 6.37. The third kappa shape index (κ3) is 4.56. The highest BCUT2D eigenvalue weighted by Crippen LogP contribution is 2.20. The molecule has 0 saturated carbocycles. The molecular formula is C16H16ClFO.